The Labute approximate surface area is 69.6 Å². The molecule has 1 aliphatic rings. The van der Waals surface area contributed by atoms with Gasteiger partial charge < -0.3 is 4.57 Å². The number of carbonyl (C=O) groups is 1. The number of hydrogen-bond acceptors (Lipinski definition) is 3. The van der Waals surface area contributed by atoms with E-state index in [2.05, 4.69) is 9.35 Å². The number of nitrogens with zero attached hydrogens (tertiary/aromatic N) is 3. The summed E-state index contributed by atoms with van der Waals surface area (Å²) < 4.78 is 16.5. The average molecular weight is 185 g/mol. The smallest absolute Gasteiger partial charge is 0.314 e. The lowest BCUT2D eigenvalue weighted by Crippen LogP contribution is -2.20. The van der Waals surface area contributed by atoms with Crippen LogP contribution in [-0.2, 0) is 15.6 Å². The molecule has 1 atom stereocenters. The molecular formula is C6H7N3O2S. The maximum absolute atomic E-state index is 11.4. The second-order valence-corrected chi connectivity index (χ2v) is 5.07. The van der Waals surface area contributed by atoms with Gasteiger partial charge in [-0.1, -0.05) is 0 Å². The molecule has 0 bridgehead atoms. The Morgan fingerprint density at radius 3 is 3.17 bits per heavy atom. The Kier molecular flexibility index (Phi) is 1.35. The highest BCUT2D eigenvalue weighted by atomic mass is 32.2. The fourth-order valence-electron chi connectivity index (χ4n) is 1.11. The highest BCUT2D eigenvalue weighted by Gasteiger charge is 2.21. The molecule has 1 unspecified atom stereocenters. The molecule has 1 amide bonds. The second-order valence-electron chi connectivity index (χ2n) is 2.71. The van der Waals surface area contributed by atoms with Crippen molar-refractivity contribution in [3.05, 3.63) is 18.2 Å². The normalized spacial score (nSPS) is 27.9. The molecule has 2 rings (SSSR count). The molecule has 0 fully saturated rings. The standard InChI is InChI=1S/C6H7N3O2S/c1-12(11)4-9-3-2-7-5(9)6(10)8-12/h2-3H,4H2,1H3. The second kappa shape index (κ2) is 2.16. The van der Waals surface area contributed by atoms with Crippen molar-refractivity contribution in [2.45, 2.75) is 5.88 Å². The third kappa shape index (κ3) is 1.04. The third-order valence-electron chi connectivity index (χ3n) is 1.56. The molecule has 1 aromatic rings. The van der Waals surface area contributed by atoms with Gasteiger partial charge in [-0.15, -0.1) is 0 Å². The summed E-state index contributed by atoms with van der Waals surface area (Å²) >= 11 is 0. The van der Waals surface area contributed by atoms with E-state index in [4.69, 9.17) is 0 Å². The van der Waals surface area contributed by atoms with Gasteiger partial charge in [0.1, 0.15) is 5.88 Å². The van der Waals surface area contributed by atoms with Crippen molar-refractivity contribution in [3.8, 4) is 0 Å². The predicted molar refractivity (Wildman–Crippen MR) is 43.1 cm³/mol. The summed E-state index contributed by atoms with van der Waals surface area (Å²) in [6.45, 7) is 0. The minimum absolute atomic E-state index is 0.258. The number of fused-ring (bicyclic) bond motifs is 1. The Bertz CT molecular complexity index is 453. The van der Waals surface area contributed by atoms with E-state index in [0.717, 1.165) is 0 Å². The van der Waals surface area contributed by atoms with Crippen LogP contribution in [0.3, 0.4) is 0 Å². The summed E-state index contributed by atoms with van der Waals surface area (Å²) in [5.74, 6) is 0.0447. The molecule has 0 saturated carbocycles. The summed E-state index contributed by atoms with van der Waals surface area (Å²) in [4.78, 5) is 14.9. The van der Waals surface area contributed by atoms with E-state index < -0.39 is 15.6 Å². The molecule has 64 valence electrons. The van der Waals surface area contributed by atoms with Crippen LogP contribution < -0.4 is 0 Å². The van der Waals surface area contributed by atoms with Crippen molar-refractivity contribution >= 4 is 15.6 Å². The molecule has 2 heterocycles. The van der Waals surface area contributed by atoms with Gasteiger partial charge in [-0.05, 0) is 0 Å². The zero-order chi connectivity index (χ0) is 8.77. The number of carbonyl (C=O) groups excluding carboxylic acids is 1. The summed E-state index contributed by atoms with van der Waals surface area (Å²) in [5.41, 5.74) is 0. The predicted octanol–water partition coefficient (Wildman–Crippen LogP) is 0.0922. The minimum atomic E-state index is -2.37. The zero-order valence-electron chi connectivity index (χ0n) is 6.43. The summed E-state index contributed by atoms with van der Waals surface area (Å²) in [7, 11) is -2.37. The average Bonchev–Trinajstić information content (AvgIpc) is 2.31. The number of amides is 1. The van der Waals surface area contributed by atoms with E-state index in [1.54, 1.807) is 10.8 Å². The summed E-state index contributed by atoms with van der Waals surface area (Å²) in [5, 5.41) is 0. The molecule has 0 N–H and O–H groups in total. The van der Waals surface area contributed by atoms with Crippen molar-refractivity contribution in [1.29, 1.82) is 0 Å². The number of aromatic nitrogens is 2. The first-order valence-corrected chi connectivity index (χ1v) is 5.43. The van der Waals surface area contributed by atoms with Crippen LogP contribution in [0.4, 0.5) is 0 Å². The van der Waals surface area contributed by atoms with E-state index in [0.29, 0.717) is 0 Å². The van der Waals surface area contributed by atoms with Crippen molar-refractivity contribution in [2.24, 2.45) is 4.36 Å². The fourth-order valence-corrected chi connectivity index (χ4v) is 2.33. The number of hydrogen-bond donors (Lipinski definition) is 0. The molecule has 1 aliphatic heterocycles. The summed E-state index contributed by atoms with van der Waals surface area (Å²) in [6.07, 6.45) is 4.60. The molecule has 0 aliphatic carbocycles. The van der Waals surface area contributed by atoms with Crippen molar-refractivity contribution < 1.29 is 9.00 Å². The van der Waals surface area contributed by atoms with Crippen LogP contribution >= 0.6 is 0 Å². The van der Waals surface area contributed by atoms with E-state index in [-0.39, 0.29) is 11.7 Å². The van der Waals surface area contributed by atoms with E-state index in [1.807, 2.05) is 0 Å². The zero-order valence-corrected chi connectivity index (χ0v) is 7.24. The van der Waals surface area contributed by atoms with Crippen LogP contribution in [0.15, 0.2) is 16.8 Å². The quantitative estimate of drug-likeness (QED) is 0.575. The fraction of sp³-hybridized carbons (Fsp3) is 0.333. The Balaban J connectivity index is 2.65. The maximum Gasteiger partial charge on any atom is 0.321 e. The van der Waals surface area contributed by atoms with Gasteiger partial charge in [-0.3, -0.25) is 4.79 Å². The lowest BCUT2D eigenvalue weighted by molar-refractivity contribution is 0.0989. The largest absolute Gasteiger partial charge is 0.321 e. The Morgan fingerprint density at radius 1 is 1.67 bits per heavy atom. The molecule has 6 heteroatoms. The first-order valence-electron chi connectivity index (χ1n) is 3.34. The SMILES string of the molecule is CS1(=O)=NC(=O)c2nccn2C1. The maximum atomic E-state index is 11.4. The van der Waals surface area contributed by atoms with Gasteiger partial charge in [0.05, 0.1) is 9.73 Å². The van der Waals surface area contributed by atoms with Crippen LogP contribution in [0, 0.1) is 0 Å². The molecule has 12 heavy (non-hydrogen) atoms. The number of imidazole rings is 1. The van der Waals surface area contributed by atoms with E-state index >= 15 is 0 Å². The first-order chi connectivity index (χ1) is 5.58. The molecule has 5 nitrogen and oxygen atoms in total. The van der Waals surface area contributed by atoms with Gasteiger partial charge in [0.25, 0.3) is 0 Å². The highest BCUT2D eigenvalue weighted by molar-refractivity contribution is 7.92. The topological polar surface area (TPSA) is 64.3 Å². The van der Waals surface area contributed by atoms with Crippen LogP contribution in [0.1, 0.15) is 10.6 Å². The lowest BCUT2D eigenvalue weighted by atomic mass is 10.6. The first kappa shape index (κ1) is 7.48. The molecular weight excluding hydrogens is 178 g/mol. The third-order valence-corrected chi connectivity index (χ3v) is 2.87. The van der Waals surface area contributed by atoms with Gasteiger partial charge in [-0.25, -0.2) is 9.19 Å². The highest BCUT2D eigenvalue weighted by Crippen LogP contribution is 2.11. The Hall–Kier alpha value is -1.17. The number of rotatable bonds is 0. The van der Waals surface area contributed by atoms with Gasteiger partial charge >= 0.3 is 5.91 Å². The lowest BCUT2D eigenvalue weighted by Gasteiger charge is -2.11. The van der Waals surface area contributed by atoms with Gasteiger partial charge in [0.15, 0.2) is 0 Å². The molecule has 1 aromatic heterocycles. The van der Waals surface area contributed by atoms with E-state index in [1.165, 1.54) is 12.5 Å². The van der Waals surface area contributed by atoms with Crippen LogP contribution in [0.25, 0.3) is 0 Å². The Morgan fingerprint density at radius 2 is 2.42 bits per heavy atom. The van der Waals surface area contributed by atoms with Crippen LogP contribution in [-0.4, -0.2) is 25.9 Å². The van der Waals surface area contributed by atoms with Gasteiger partial charge in [-0.2, -0.15) is 4.36 Å². The van der Waals surface area contributed by atoms with E-state index in [9.17, 15) is 9.00 Å². The minimum Gasteiger partial charge on any atom is -0.314 e. The molecule has 0 saturated heterocycles. The van der Waals surface area contributed by atoms with Crippen LogP contribution in [0.2, 0.25) is 0 Å². The molecule has 0 aromatic carbocycles. The van der Waals surface area contributed by atoms with Gasteiger partial charge in [0.2, 0.25) is 5.82 Å². The van der Waals surface area contributed by atoms with Crippen molar-refractivity contribution in [2.75, 3.05) is 6.26 Å². The molecule has 0 radical (unpaired) electrons. The monoisotopic (exact) mass is 185 g/mol. The van der Waals surface area contributed by atoms with Crippen LogP contribution in [0.5, 0.6) is 0 Å². The van der Waals surface area contributed by atoms with Gasteiger partial charge in [0, 0.05) is 18.6 Å². The van der Waals surface area contributed by atoms with Crippen molar-refractivity contribution in [3.63, 3.8) is 0 Å². The molecule has 0 spiro atoms. The van der Waals surface area contributed by atoms with Crippen molar-refractivity contribution in [1.82, 2.24) is 9.55 Å². The summed E-state index contributed by atoms with van der Waals surface area (Å²) in [6, 6.07) is 0.